The average Bonchev–Trinajstić information content (AvgIpc) is 3.07. The van der Waals surface area contributed by atoms with Crippen LogP contribution in [0, 0.1) is 11.8 Å². The van der Waals surface area contributed by atoms with Crippen LogP contribution in [0.4, 0.5) is 0 Å². The van der Waals surface area contributed by atoms with E-state index in [1.54, 1.807) is 18.2 Å². The number of carbonyl (C=O) groups excluding carboxylic acids is 2. The van der Waals surface area contributed by atoms with Gasteiger partial charge >= 0.3 is 0 Å². The minimum absolute atomic E-state index is 0.00500. The van der Waals surface area contributed by atoms with E-state index in [0.717, 1.165) is 19.3 Å². The van der Waals surface area contributed by atoms with E-state index in [4.69, 9.17) is 4.74 Å². The Hall–Kier alpha value is -1.88. The predicted octanol–water partition coefficient (Wildman–Crippen LogP) is 1.51. The third kappa shape index (κ3) is 2.31. The van der Waals surface area contributed by atoms with E-state index in [-0.39, 0.29) is 30.2 Å². The number of hydrogen-bond acceptors (Lipinski definition) is 4. The Balaban J connectivity index is 1.77. The molecule has 3 rings (SSSR count). The molecule has 5 nitrogen and oxygen atoms in total. The zero-order chi connectivity index (χ0) is 15.0. The fourth-order valence-electron chi connectivity index (χ4n) is 3.45. The van der Waals surface area contributed by atoms with Gasteiger partial charge in [0.1, 0.15) is 11.9 Å². The number of ether oxygens (including phenoxy) is 1. The number of benzene rings is 1. The number of aliphatic hydroxyl groups is 1. The lowest BCUT2D eigenvalue weighted by Crippen LogP contribution is -2.35. The van der Waals surface area contributed by atoms with Crippen LogP contribution < -0.4 is 4.74 Å². The lowest BCUT2D eigenvalue weighted by Gasteiger charge is -2.21. The Morgan fingerprint density at radius 2 is 1.86 bits per heavy atom. The van der Waals surface area contributed by atoms with Gasteiger partial charge in [-0.15, -0.1) is 0 Å². The number of amides is 2. The second-order valence-electron chi connectivity index (χ2n) is 5.69. The van der Waals surface area contributed by atoms with Crippen LogP contribution in [-0.4, -0.2) is 35.5 Å². The van der Waals surface area contributed by atoms with Crippen molar-refractivity contribution in [1.29, 1.82) is 0 Å². The number of aliphatic hydroxyl groups excluding tert-OH is 1. The molecule has 2 aliphatic rings. The van der Waals surface area contributed by atoms with Gasteiger partial charge in [-0.1, -0.05) is 24.6 Å². The molecule has 21 heavy (non-hydrogen) atoms. The van der Waals surface area contributed by atoms with Crippen molar-refractivity contribution in [2.45, 2.75) is 25.4 Å². The fraction of sp³-hybridized carbons (Fsp3) is 0.500. The molecule has 1 aliphatic heterocycles. The Morgan fingerprint density at radius 1 is 1.24 bits per heavy atom. The largest absolute Gasteiger partial charge is 0.496 e. The van der Waals surface area contributed by atoms with Crippen molar-refractivity contribution in [3.05, 3.63) is 29.8 Å². The first kappa shape index (κ1) is 14.1. The number of β-amino-alcohol motifs (C(OH)–C–C–N with tert-alkyl or cyclic N) is 1. The number of carbonyl (C=O) groups is 2. The summed E-state index contributed by atoms with van der Waals surface area (Å²) in [5, 5.41) is 10.4. The van der Waals surface area contributed by atoms with Crippen LogP contribution in [0.15, 0.2) is 24.3 Å². The van der Waals surface area contributed by atoms with E-state index >= 15 is 0 Å². The molecule has 0 radical (unpaired) electrons. The maximum Gasteiger partial charge on any atom is 0.233 e. The van der Waals surface area contributed by atoms with Gasteiger partial charge in [-0.25, -0.2) is 0 Å². The van der Waals surface area contributed by atoms with Crippen molar-refractivity contribution in [2.75, 3.05) is 13.7 Å². The van der Waals surface area contributed by atoms with Gasteiger partial charge in [-0.2, -0.15) is 0 Å². The molecule has 2 fully saturated rings. The van der Waals surface area contributed by atoms with Gasteiger partial charge in [0.05, 0.1) is 25.5 Å². The number of fused-ring (bicyclic) bond motifs is 1. The van der Waals surface area contributed by atoms with Gasteiger partial charge in [0.25, 0.3) is 0 Å². The number of imide groups is 1. The minimum atomic E-state index is -0.923. The summed E-state index contributed by atoms with van der Waals surface area (Å²) < 4.78 is 5.21. The highest BCUT2D eigenvalue weighted by Gasteiger charge is 2.49. The molecule has 1 heterocycles. The van der Waals surface area contributed by atoms with Gasteiger partial charge in [-0.3, -0.25) is 14.5 Å². The van der Waals surface area contributed by atoms with Gasteiger partial charge in [0, 0.05) is 5.56 Å². The van der Waals surface area contributed by atoms with Gasteiger partial charge in [0.2, 0.25) is 11.8 Å². The molecule has 0 bridgehead atoms. The molecule has 0 spiro atoms. The second kappa shape index (κ2) is 5.48. The normalized spacial score (nSPS) is 26.1. The van der Waals surface area contributed by atoms with E-state index in [0.29, 0.717) is 11.3 Å². The van der Waals surface area contributed by atoms with Crippen molar-refractivity contribution < 1.29 is 19.4 Å². The number of nitrogens with zero attached hydrogens (tertiary/aromatic N) is 1. The Kier molecular flexibility index (Phi) is 3.68. The first-order valence-electron chi connectivity index (χ1n) is 7.29. The lowest BCUT2D eigenvalue weighted by molar-refractivity contribution is -0.142. The van der Waals surface area contributed by atoms with Crippen molar-refractivity contribution in [2.24, 2.45) is 11.8 Å². The van der Waals surface area contributed by atoms with Crippen LogP contribution in [0.3, 0.4) is 0 Å². The van der Waals surface area contributed by atoms with Gasteiger partial charge in [-0.05, 0) is 18.9 Å². The predicted molar refractivity (Wildman–Crippen MR) is 75.5 cm³/mol. The summed E-state index contributed by atoms with van der Waals surface area (Å²) in [7, 11) is 1.53. The van der Waals surface area contributed by atoms with Crippen LogP contribution in [0.2, 0.25) is 0 Å². The molecular weight excluding hydrogens is 270 g/mol. The first-order chi connectivity index (χ1) is 10.1. The quantitative estimate of drug-likeness (QED) is 0.853. The molecule has 3 unspecified atom stereocenters. The summed E-state index contributed by atoms with van der Waals surface area (Å²) in [6, 6.07) is 7.10. The summed E-state index contributed by atoms with van der Waals surface area (Å²) in [5.41, 5.74) is 0.595. The third-order valence-corrected chi connectivity index (χ3v) is 4.54. The summed E-state index contributed by atoms with van der Waals surface area (Å²) in [4.78, 5) is 25.8. The van der Waals surface area contributed by atoms with Crippen LogP contribution in [-0.2, 0) is 9.59 Å². The smallest absolute Gasteiger partial charge is 0.233 e. The summed E-state index contributed by atoms with van der Waals surface area (Å²) >= 11 is 0. The monoisotopic (exact) mass is 289 g/mol. The van der Waals surface area contributed by atoms with E-state index in [2.05, 4.69) is 0 Å². The summed E-state index contributed by atoms with van der Waals surface area (Å²) in [6.45, 7) is 0.00500. The molecule has 2 amide bonds. The topological polar surface area (TPSA) is 66.8 Å². The SMILES string of the molecule is COc1ccccc1C(O)CN1C(=O)C2CCCC2C1=O. The molecule has 1 N–H and O–H groups in total. The van der Waals surface area contributed by atoms with E-state index in [1.165, 1.54) is 12.0 Å². The molecule has 0 aromatic heterocycles. The molecule has 5 heteroatoms. The number of rotatable bonds is 4. The molecule has 1 saturated heterocycles. The van der Waals surface area contributed by atoms with Crippen molar-refractivity contribution >= 4 is 11.8 Å². The van der Waals surface area contributed by atoms with Crippen molar-refractivity contribution in [1.82, 2.24) is 4.90 Å². The zero-order valence-electron chi connectivity index (χ0n) is 12.0. The Labute approximate surface area is 123 Å². The number of methoxy groups -OCH3 is 1. The van der Waals surface area contributed by atoms with Crippen LogP contribution in [0.25, 0.3) is 0 Å². The number of likely N-dealkylation sites (tertiary alicyclic amines) is 1. The lowest BCUT2D eigenvalue weighted by atomic mass is 10.00. The maximum absolute atomic E-state index is 12.3. The fourth-order valence-corrected chi connectivity index (χ4v) is 3.45. The summed E-state index contributed by atoms with van der Waals surface area (Å²) in [5.74, 6) is -0.0260. The van der Waals surface area contributed by atoms with Gasteiger partial charge < -0.3 is 9.84 Å². The second-order valence-corrected chi connectivity index (χ2v) is 5.69. The molecule has 1 aliphatic carbocycles. The Morgan fingerprint density at radius 3 is 2.48 bits per heavy atom. The highest BCUT2D eigenvalue weighted by atomic mass is 16.5. The molecule has 1 aromatic carbocycles. The van der Waals surface area contributed by atoms with E-state index in [9.17, 15) is 14.7 Å². The van der Waals surface area contributed by atoms with Crippen molar-refractivity contribution in [3.63, 3.8) is 0 Å². The highest BCUT2D eigenvalue weighted by molar-refractivity contribution is 6.05. The third-order valence-electron chi connectivity index (χ3n) is 4.54. The standard InChI is InChI=1S/C16H19NO4/c1-21-14-8-3-2-5-12(14)13(18)9-17-15(19)10-6-4-7-11(10)16(17)20/h2-3,5,8,10-11,13,18H,4,6-7,9H2,1H3. The maximum atomic E-state index is 12.3. The molecule has 3 atom stereocenters. The van der Waals surface area contributed by atoms with Crippen molar-refractivity contribution in [3.8, 4) is 5.75 Å². The summed E-state index contributed by atoms with van der Waals surface area (Å²) in [6.07, 6.45) is 1.59. The minimum Gasteiger partial charge on any atom is -0.496 e. The number of para-hydroxylation sites is 1. The zero-order valence-corrected chi connectivity index (χ0v) is 12.0. The van der Waals surface area contributed by atoms with Gasteiger partial charge in [0.15, 0.2) is 0 Å². The average molecular weight is 289 g/mol. The van der Waals surface area contributed by atoms with E-state index in [1.807, 2.05) is 6.07 Å². The van der Waals surface area contributed by atoms with E-state index < -0.39 is 6.10 Å². The van der Waals surface area contributed by atoms with Crippen LogP contribution in [0.5, 0.6) is 5.75 Å². The Bertz CT molecular complexity index is 549. The van der Waals surface area contributed by atoms with Crippen LogP contribution >= 0.6 is 0 Å². The number of hydrogen-bond donors (Lipinski definition) is 1. The first-order valence-corrected chi connectivity index (χ1v) is 7.29. The highest BCUT2D eigenvalue weighted by Crippen LogP contribution is 2.40. The van der Waals surface area contributed by atoms with Crippen LogP contribution in [0.1, 0.15) is 30.9 Å². The molecule has 1 saturated carbocycles. The molecule has 1 aromatic rings. The molecular formula is C16H19NO4. The molecule has 112 valence electrons.